The van der Waals surface area contributed by atoms with Gasteiger partial charge in [-0.3, -0.25) is 14.7 Å². The fourth-order valence-corrected chi connectivity index (χ4v) is 5.12. The van der Waals surface area contributed by atoms with Gasteiger partial charge in [-0.2, -0.15) is 5.10 Å². The lowest BCUT2D eigenvalue weighted by Crippen LogP contribution is -2.43. The number of halogens is 1. The normalized spacial score (nSPS) is 29.1. The zero-order valence-corrected chi connectivity index (χ0v) is 17.4. The number of hydrogen-bond donors (Lipinski definition) is 3. The molecule has 10 heteroatoms. The fraction of sp³-hybridized carbons (Fsp3) is 0.500. The molecule has 1 spiro atoms. The van der Waals surface area contributed by atoms with Gasteiger partial charge in [-0.15, -0.1) is 12.4 Å². The minimum absolute atomic E-state index is 0. The molecule has 0 radical (unpaired) electrons. The molecule has 30 heavy (non-hydrogen) atoms. The number of carbonyl (C=O) groups is 2. The first-order chi connectivity index (χ1) is 14.0. The number of nitrogens with two attached hydrogens (primary N) is 1. The molecule has 9 nitrogen and oxygen atoms in total. The predicted octanol–water partition coefficient (Wildman–Crippen LogP) is 1.11. The maximum absolute atomic E-state index is 13.2. The van der Waals surface area contributed by atoms with Crippen LogP contribution in [0.5, 0.6) is 0 Å². The first-order valence-electron chi connectivity index (χ1n) is 9.98. The molecule has 0 aliphatic carbocycles. The van der Waals surface area contributed by atoms with Crippen LogP contribution in [0.3, 0.4) is 0 Å². The number of amides is 2. The molecule has 160 valence electrons. The summed E-state index contributed by atoms with van der Waals surface area (Å²) in [6.45, 7) is 3.27. The minimum Gasteiger partial charge on any atom is -0.368 e. The SMILES string of the molecule is Cc1nc(-c2cccc(NC(=O)[C@H]3[C@@H]4CC[C@@]5(CN(CCN)C(=O)[C@@H]35)O4)c2)n[nH]1.Cl. The lowest BCUT2D eigenvalue weighted by Gasteiger charge is -2.27. The van der Waals surface area contributed by atoms with Crippen LogP contribution in [0, 0.1) is 18.8 Å². The summed E-state index contributed by atoms with van der Waals surface area (Å²) < 4.78 is 6.21. The molecule has 5 rings (SSSR count). The minimum atomic E-state index is -0.530. The van der Waals surface area contributed by atoms with Crippen molar-refractivity contribution in [1.29, 1.82) is 0 Å². The molecule has 4 atom stereocenters. The van der Waals surface area contributed by atoms with Gasteiger partial charge in [-0.1, -0.05) is 12.1 Å². The van der Waals surface area contributed by atoms with Crippen molar-refractivity contribution in [3.05, 3.63) is 30.1 Å². The third kappa shape index (κ3) is 3.17. The van der Waals surface area contributed by atoms with E-state index < -0.39 is 17.4 Å². The molecule has 3 aliphatic heterocycles. The zero-order valence-electron chi connectivity index (χ0n) is 16.6. The summed E-state index contributed by atoms with van der Waals surface area (Å²) in [6, 6.07) is 7.39. The highest BCUT2D eigenvalue weighted by atomic mass is 35.5. The van der Waals surface area contributed by atoms with Crippen LogP contribution in [-0.2, 0) is 14.3 Å². The zero-order chi connectivity index (χ0) is 20.2. The van der Waals surface area contributed by atoms with E-state index in [-0.39, 0.29) is 30.3 Å². The van der Waals surface area contributed by atoms with Crippen molar-refractivity contribution in [2.75, 3.05) is 25.0 Å². The summed E-state index contributed by atoms with van der Waals surface area (Å²) in [5.74, 6) is 0.209. The second-order valence-electron chi connectivity index (χ2n) is 8.13. The molecule has 1 aromatic heterocycles. The van der Waals surface area contributed by atoms with Gasteiger partial charge in [0.25, 0.3) is 0 Å². The van der Waals surface area contributed by atoms with Crippen molar-refractivity contribution in [3.63, 3.8) is 0 Å². The van der Waals surface area contributed by atoms with Crippen molar-refractivity contribution in [2.24, 2.45) is 17.6 Å². The number of nitrogens with one attached hydrogen (secondary N) is 2. The summed E-state index contributed by atoms with van der Waals surface area (Å²) >= 11 is 0. The summed E-state index contributed by atoms with van der Waals surface area (Å²) in [5.41, 5.74) is 6.57. The van der Waals surface area contributed by atoms with Gasteiger partial charge in [0.1, 0.15) is 5.82 Å². The number of H-pyrrole nitrogens is 1. The first kappa shape index (κ1) is 20.8. The Labute approximate surface area is 180 Å². The highest BCUT2D eigenvalue weighted by Crippen LogP contribution is 2.55. The number of aryl methyl sites for hydroxylation is 1. The van der Waals surface area contributed by atoms with Gasteiger partial charge in [0.15, 0.2) is 5.82 Å². The van der Waals surface area contributed by atoms with E-state index in [0.29, 0.717) is 31.1 Å². The van der Waals surface area contributed by atoms with Crippen molar-refractivity contribution in [1.82, 2.24) is 20.1 Å². The maximum Gasteiger partial charge on any atom is 0.231 e. The molecule has 3 aliphatic rings. The molecule has 1 aromatic carbocycles. The summed E-state index contributed by atoms with van der Waals surface area (Å²) in [7, 11) is 0. The molecule has 2 amide bonds. The van der Waals surface area contributed by atoms with Crippen LogP contribution in [0.25, 0.3) is 11.4 Å². The van der Waals surface area contributed by atoms with Crippen molar-refractivity contribution in [3.8, 4) is 11.4 Å². The second-order valence-corrected chi connectivity index (χ2v) is 8.13. The van der Waals surface area contributed by atoms with Gasteiger partial charge in [0.2, 0.25) is 11.8 Å². The fourth-order valence-electron chi connectivity index (χ4n) is 5.12. The number of ether oxygens (including phenoxy) is 1. The lowest BCUT2D eigenvalue weighted by atomic mass is 9.73. The summed E-state index contributed by atoms with van der Waals surface area (Å²) in [5, 5.41) is 9.96. The van der Waals surface area contributed by atoms with Crippen LogP contribution < -0.4 is 11.1 Å². The number of aromatic nitrogens is 3. The monoisotopic (exact) mass is 432 g/mol. The number of hydrogen-bond acceptors (Lipinski definition) is 6. The number of aromatic amines is 1. The van der Waals surface area contributed by atoms with Gasteiger partial charge in [0, 0.05) is 24.3 Å². The highest BCUT2D eigenvalue weighted by molar-refractivity contribution is 5.98. The van der Waals surface area contributed by atoms with Crippen molar-refractivity contribution in [2.45, 2.75) is 31.5 Å². The van der Waals surface area contributed by atoms with E-state index in [1.54, 1.807) is 4.90 Å². The summed E-state index contributed by atoms with van der Waals surface area (Å²) in [6.07, 6.45) is 1.41. The quantitative estimate of drug-likeness (QED) is 0.649. The van der Waals surface area contributed by atoms with E-state index in [0.717, 1.165) is 24.2 Å². The van der Waals surface area contributed by atoms with Crippen LogP contribution in [0.1, 0.15) is 18.7 Å². The van der Waals surface area contributed by atoms with Crippen LogP contribution in [0.4, 0.5) is 5.69 Å². The Morgan fingerprint density at radius 2 is 2.30 bits per heavy atom. The summed E-state index contributed by atoms with van der Waals surface area (Å²) in [4.78, 5) is 32.2. The first-order valence-corrected chi connectivity index (χ1v) is 9.98. The Morgan fingerprint density at radius 1 is 1.47 bits per heavy atom. The number of likely N-dealkylation sites (tertiary alicyclic amines) is 1. The predicted molar refractivity (Wildman–Crippen MR) is 112 cm³/mol. The van der Waals surface area contributed by atoms with Crippen LogP contribution >= 0.6 is 12.4 Å². The van der Waals surface area contributed by atoms with E-state index in [1.807, 2.05) is 31.2 Å². The topological polar surface area (TPSA) is 126 Å². The Hall–Kier alpha value is -2.49. The van der Waals surface area contributed by atoms with Gasteiger partial charge in [0.05, 0.1) is 30.1 Å². The van der Waals surface area contributed by atoms with E-state index in [4.69, 9.17) is 10.5 Å². The standard InChI is InChI=1S/C20H24N6O3.ClH/c1-11-22-17(25-24-11)12-3-2-4-13(9-12)23-18(27)15-14-5-6-20(29-14)10-26(8-7-21)19(28)16(15)20;/h2-4,9,14-16H,5-8,10,21H2,1H3,(H,23,27)(H,22,24,25);1H/t14-,15-,16+,20-;/m0./s1. The smallest absolute Gasteiger partial charge is 0.231 e. The number of nitrogens with zero attached hydrogens (tertiary/aromatic N) is 3. The van der Waals surface area contributed by atoms with E-state index in [9.17, 15) is 9.59 Å². The molecule has 2 bridgehead atoms. The van der Waals surface area contributed by atoms with Gasteiger partial charge in [-0.25, -0.2) is 4.98 Å². The largest absolute Gasteiger partial charge is 0.368 e. The van der Waals surface area contributed by atoms with Crippen LogP contribution in [0.2, 0.25) is 0 Å². The van der Waals surface area contributed by atoms with Crippen LogP contribution in [-0.4, -0.2) is 63.2 Å². The Bertz CT molecular complexity index is 981. The van der Waals surface area contributed by atoms with E-state index >= 15 is 0 Å². The maximum atomic E-state index is 13.2. The Kier molecular flexibility index (Phi) is 5.29. The highest BCUT2D eigenvalue weighted by Gasteiger charge is 2.68. The molecule has 0 unspecified atom stereocenters. The van der Waals surface area contributed by atoms with Crippen molar-refractivity contribution < 1.29 is 14.3 Å². The molecule has 4 N–H and O–H groups in total. The van der Waals surface area contributed by atoms with E-state index in [1.165, 1.54) is 0 Å². The van der Waals surface area contributed by atoms with Crippen LogP contribution in [0.15, 0.2) is 24.3 Å². The third-order valence-electron chi connectivity index (χ3n) is 6.29. The molecule has 4 heterocycles. The van der Waals surface area contributed by atoms with Gasteiger partial charge >= 0.3 is 0 Å². The number of rotatable bonds is 5. The van der Waals surface area contributed by atoms with Gasteiger partial charge in [-0.05, 0) is 31.9 Å². The van der Waals surface area contributed by atoms with Crippen molar-refractivity contribution >= 4 is 29.9 Å². The number of anilines is 1. The van der Waals surface area contributed by atoms with E-state index in [2.05, 4.69) is 20.5 Å². The molecule has 0 saturated carbocycles. The second kappa shape index (κ2) is 7.64. The molecular weight excluding hydrogens is 408 g/mol. The molecule has 3 fully saturated rings. The van der Waals surface area contributed by atoms with Gasteiger partial charge < -0.3 is 20.7 Å². The molecule has 2 aromatic rings. The number of fused-ring (bicyclic) bond motifs is 1. The Morgan fingerprint density at radius 3 is 3.03 bits per heavy atom. The Balaban J connectivity index is 0.00000218. The average molecular weight is 433 g/mol. The molecular formula is C20H25ClN6O3. The number of benzene rings is 1. The third-order valence-corrected chi connectivity index (χ3v) is 6.29. The average Bonchev–Trinajstić information content (AvgIpc) is 3.44. The molecule has 3 saturated heterocycles. The lowest BCUT2D eigenvalue weighted by molar-refractivity contribution is -0.136. The number of carbonyl (C=O) groups excluding carboxylic acids is 2.